The van der Waals surface area contributed by atoms with E-state index in [2.05, 4.69) is 31.4 Å². The maximum absolute atomic E-state index is 10.7. The van der Waals surface area contributed by atoms with Crippen LogP contribution in [0.2, 0.25) is 0 Å². The molecule has 3 rings (SSSR count). The number of nitro groups is 1. The van der Waals surface area contributed by atoms with E-state index < -0.39 is 4.92 Å². The SMILES string of the molecule is CC(Nc1n[c]ccn1)c1ncc(N(C)c2ccc([N+](=O)[O-])cc2)cn1. The Bertz CT molecular complexity index is 870. The van der Waals surface area contributed by atoms with Gasteiger partial charge in [-0.1, -0.05) is 0 Å². The van der Waals surface area contributed by atoms with Crippen LogP contribution in [-0.4, -0.2) is 31.9 Å². The van der Waals surface area contributed by atoms with E-state index in [0.29, 0.717) is 11.8 Å². The Morgan fingerprint density at radius 1 is 1.15 bits per heavy atom. The van der Waals surface area contributed by atoms with Crippen LogP contribution >= 0.6 is 0 Å². The minimum absolute atomic E-state index is 0.0500. The van der Waals surface area contributed by atoms with Crippen molar-refractivity contribution >= 4 is 23.0 Å². The van der Waals surface area contributed by atoms with Gasteiger partial charge in [-0.2, -0.15) is 0 Å². The second-order valence-electron chi connectivity index (χ2n) is 5.51. The third-order valence-corrected chi connectivity index (χ3v) is 3.74. The molecule has 0 aliphatic carbocycles. The third-order valence-electron chi connectivity index (χ3n) is 3.74. The summed E-state index contributed by atoms with van der Waals surface area (Å²) in [6.07, 6.45) is 7.70. The summed E-state index contributed by atoms with van der Waals surface area (Å²) in [6, 6.07) is 7.73. The van der Waals surface area contributed by atoms with Crippen molar-refractivity contribution in [2.75, 3.05) is 17.3 Å². The van der Waals surface area contributed by atoms with E-state index in [0.717, 1.165) is 11.4 Å². The molecule has 2 heterocycles. The van der Waals surface area contributed by atoms with Gasteiger partial charge in [0.05, 0.1) is 35.2 Å². The molecule has 0 saturated heterocycles. The lowest BCUT2D eigenvalue weighted by atomic mass is 10.2. The first kappa shape index (κ1) is 17.2. The molecule has 0 aliphatic heterocycles. The molecule has 0 bridgehead atoms. The highest BCUT2D eigenvalue weighted by Gasteiger charge is 2.12. The van der Waals surface area contributed by atoms with Crippen molar-refractivity contribution in [2.24, 2.45) is 0 Å². The molecule has 9 nitrogen and oxygen atoms in total. The molecular formula is C17H16N7O2. The molecule has 0 spiro atoms. The summed E-state index contributed by atoms with van der Waals surface area (Å²) in [6.45, 7) is 1.91. The van der Waals surface area contributed by atoms with Gasteiger partial charge in [-0.3, -0.25) is 10.1 Å². The zero-order valence-electron chi connectivity index (χ0n) is 14.2. The second kappa shape index (κ2) is 7.51. The summed E-state index contributed by atoms with van der Waals surface area (Å²) in [5.41, 5.74) is 1.61. The Morgan fingerprint density at radius 3 is 2.42 bits per heavy atom. The Hall–Kier alpha value is -3.62. The van der Waals surface area contributed by atoms with E-state index in [1.807, 2.05) is 18.9 Å². The van der Waals surface area contributed by atoms with E-state index in [-0.39, 0.29) is 11.7 Å². The maximum atomic E-state index is 10.7. The van der Waals surface area contributed by atoms with Crippen LogP contribution < -0.4 is 10.2 Å². The molecule has 0 fully saturated rings. The lowest BCUT2D eigenvalue weighted by molar-refractivity contribution is -0.384. The summed E-state index contributed by atoms with van der Waals surface area (Å²) in [7, 11) is 1.84. The molecule has 1 atom stereocenters. The van der Waals surface area contributed by atoms with Gasteiger partial charge in [0.1, 0.15) is 5.82 Å². The molecule has 3 aromatic rings. The van der Waals surface area contributed by atoms with Gasteiger partial charge in [-0.25, -0.2) is 19.9 Å². The quantitative estimate of drug-likeness (QED) is 0.534. The second-order valence-corrected chi connectivity index (χ2v) is 5.51. The maximum Gasteiger partial charge on any atom is 0.269 e. The number of hydrogen-bond acceptors (Lipinski definition) is 8. The van der Waals surface area contributed by atoms with Crippen molar-refractivity contribution < 1.29 is 4.92 Å². The smallest absolute Gasteiger partial charge is 0.269 e. The first-order chi connectivity index (χ1) is 12.5. The fourth-order valence-corrected chi connectivity index (χ4v) is 2.27. The first-order valence-electron chi connectivity index (χ1n) is 7.80. The van der Waals surface area contributed by atoms with E-state index >= 15 is 0 Å². The van der Waals surface area contributed by atoms with Gasteiger partial charge in [0.25, 0.3) is 5.69 Å². The van der Waals surface area contributed by atoms with Gasteiger partial charge < -0.3 is 10.2 Å². The fourth-order valence-electron chi connectivity index (χ4n) is 2.27. The van der Waals surface area contributed by atoms with Gasteiger partial charge in [0, 0.05) is 31.1 Å². The molecule has 26 heavy (non-hydrogen) atoms. The number of rotatable bonds is 6. The van der Waals surface area contributed by atoms with Crippen molar-refractivity contribution in [3.8, 4) is 0 Å². The number of aromatic nitrogens is 4. The Balaban J connectivity index is 1.71. The van der Waals surface area contributed by atoms with Gasteiger partial charge in [0.15, 0.2) is 0 Å². The standard InChI is InChI=1S/C17H16N7O2/c1-12(22-17-18-8-3-9-19-17)16-20-10-15(11-21-16)23(2)13-4-6-14(7-5-13)24(25)26/h3-8,10-12H,1-2H3,(H,18,19,22). The predicted molar refractivity (Wildman–Crippen MR) is 96.1 cm³/mol. The highest BCUT2D eigenvalue weighted by molar-refractivity contribution is 5.62. The van der Waals surface area contributed by atoms with Crippen LogP contribution in [0.3, 0.4) is 0 Å². The number of hydrogen-bond donors (Lipinski definition) is 1. The number of anilines is 3. The zero-order chi connectivity index (χ0) is 18.5. The molecule has 2 aromatic heterocycles. The highest BCUT2D eigenvalue weighted by Crippen LogP contribution is 2.25. The van der Waals surface area contributed by atoms with E-state index in [1.54, 1.807) is 36.8 Å². The van der Waals surface area contributed by atoms with Crippen molar-refractivity contribution in [3.63, 3.8) is 0 Å². The lowest BCUT2D eigenvalue weighted by Crippen LogP contribution is -2.14. The zero-order valence-corrected chi connectivity index (χ0v) is 14.2. The summed E-state index contributed by atoms with van der Waals surface area (Å²) in [5.74, 6) is 1.05. The average molecular weight is 350 g/mol. The van der Waals surface area contributed by atoms with Crippen LogP contribution in [0.1, 0.15) is 18.8 Å². The topological polar surface area (TPSA) is 110 Å². The molecular weight excluding hydrogens is 334 g/mol. The number of non-ortho nitro benzene ring substituents is 1. The molecule has 1 radical (unpaired) electrons. The van der Waals surface area contributed by atoms with Crippen LogP contribution in [0.5, 0.6) is 0 Å². The van der Waals surface area contributed by atoms with Gasteiger partial charge in [0.2, 0.25) is 5.95 Å². The van der Waals surface area contributed by atoms with Crippen LogP contribution in [0.25, 0.3) is 0 Å². The van der Waals surface area contributed by atoms with Crippen molar-refractivity contribution in [1.29, 1.82) is 0 Å². The van der Waals surface area contributed by atoms with E-state index in [1.165, 1.54) is 12.1 Å². The third kappa shape index (κ3) is 3.89. The number of benzene rings is 1. The van der Waals surface area contributed by atoms with E-state index in [4.69, 9.17) is 0 Å². The lowest BCUT2D eigenvalue weighted by Gasteiger charge is -2.19. The predicted octanol–water partition coefficient (Wildman–Crippen LogP) is 2.92. The van der Waals surface area contributed by atoms with Crippen LogP contribution in [0, 0.1) is 16.3 Å². The Morgan fingerprint density at radius 2 is 1.85 bits per heavy atom. The van der Waals surface area contributed by atoms with Crippen molar-refractivity contribution in [3.05, 3.63) is 71.1 Å². The fraction of sp³-hybridized carbons (Fsp3) is 0.176. The Kier molecular flexibility index (Phi) is 4.97. The summed E-state index contributed by atoms with van der Waals surface area (Å²) < 4.78 is 0. The monoisotopic (exact) mass is 350 g/mol. The van der Waals surface area contributed by atoms with Crippen LogP contribution in [0.15, 0.2) is 48.9 Å². The number of nitro benzene ring substituents is 1. The average Bonchev–Trinajstić information content (AvgIpc) is 2.68. The minimum Gasteiger partial charge on any atom is -0.344 e. The van der Waals surface area contributed by atoms with E-state index in [9.17, 15) is 10.1 Å². The molecule has 1 N–H and O–H groups in total. The molecule has 131 valence electrons. The largest absolute Gasteiger partial charge is 0.344 e. The van der Waals surface area contributed by atoms with Crippen molar-refractivity contribution in [1.82, 2.24) is 19.9 Å². The van der Waals surface area contributed by atoms with Gasteiger partial charge >= 0.3 is 0 Å². The molecule has 0 amide bonds. The molecule has 0 aliphatic rings. The Labute approximate surface area is 149 Å². The normalized spacial score (nSPS) is 11.6. The number of nitrogens with one attached hydrogen (secondary N) is 1. The number of nitrogens with zero attached hydrogens (tertiary/aromatic N) is 6. The molecule has 0 saturated carbocycles. The summed E-state index contributed by atoms with van der Waals surface area (Å²) in [5, 5.41) is 13.8. The molecule has 1 aromatic carbocycles. The summed E-state index contributed by atoms with van der Waals surface area (Å²) in [4.78, 5) is 29.0. The molecule has 1 unspecified atom stereocenters. The van der Waals surface area contributed by atoms with Crippen LogP contribution in [0.4, 0.5) is 23.0 Å². The molecule has 9 heteroatoms. The van der Waals surface area contributed by atoms with Crippen LogP contribution in [-0.2, 0) is 0 Å². The summed E-state index contributed by atoms with van der Waals surface area (Å²) >= 11 is 0. The minimum atomic E-state index is -0.426. The van der Waals surface area contributed by atoms with Gasteiger partial charge in [-0.15, -0.1) is 0 Å². The van der Waals surface area contributed by atoms with Crippen molar-refractivity contribution in [2.45, 2.75) is 13.0 Å². The van der Waals surface area contributed by atoms with Gasteiger partial charge in [-0.05, 0) is 25.1 Å². The highest BCUT2D eigenvalue weighted by atomic mass is 16.6. The first-order valence-corrected chi connectivity index (χ1v) is 7.80.